The summed E-state index contributed by atoms with van der Waals surface area (Å²) in [5.74, 6) is -0.226. The summed E-state index contributed by atoms with van der Waals surface area (Å²) in [5, 5.41) is 4.32. The monoisotopic (exact) mass is 258 g/mol. The number of nitrogens with zero attached hydrogens (tertiary/aromatic N) is 1. The van der Waals surface area contributed by atoms with Gasteiger partial charge in [-0.15, -0.1) is 0 Å². The SMILES string of the molecule is CCC(NCc1cccc2cccnc12)C(=O)OC. The van der Waals surface area contributed by atoms with Gasteiger partial charge in [-0.2, -0.15) is 0 Å². The molecule has 0 aliphatic heterocycles. The fourth-order valence-corrected chi connectivity index (χ4v) is 2.08. The van der Waals surface area contributed by atoms with Gasteiger partial charge in [-0.1, -0.05) is 31.2 Å². The van der Waals surface area contributed by atoms with Crippen molar-refractivity contribution in [3.05, 3.63) is 42.1 Å². The van der Waals surface area contributed by atoms with E-state index in [0.717, 1.165) is 16.5 Å². The average molecular weight is 258 g/mol. The third-order valence-corrected chi connectivity index (χ3v) is 3.15. The van der Waals surface area contributed by atoms with Gasteiger partial charge in [0.25, 0.3) is 0 Å². The molecule has 4 heteroatoms. The van der Waals surface area contributed by atoms with Crippen LogP contribution in [0, 0.1) is 0 Å². The summed E-state index contributed by atoms with van der Waals surface area (Å²) < 4.78 is 4.76. The largest absolute Gasteiger partial charge is 0.468 e. The normalized spacial score (nSPS) is 12.3. The number of carbonyl (C=O) groups is 1. The molecule has 0 aliphatic carbocycles. The number of hydrogen-bond acceptors (Lipinski definition) is 4. The number of hydrogen-bond donors (Lipinski definition) is 1. The van der Waals surface area contributed by atoms with E-state index in [2.05, 4.69) is 10.3 Å². The summed E-state index contributed by atoms with van der Waals surface area (Å²) in [6.07, 6.45) is 2.48. The van der Waals surface area contributed by atoms with Crippen LogP contribution in [0.4, 0.5) is 0 Å². The van der Waals surface area contributed by atoms with Gasteiger partial charge >= 0.3 is 5.97 Å². The minimum absolute atomic E-state index is 0.226. The van der Waals surface area contributed by atoms with E-state index in [1.165, 1.54) is 7.11 Å². The fraction of sp³-hybridized carbons (Fsp3) is 0.333. The Morgan fingerprint density at radius 3 is 2.89 bits per heavy atom. The van der Waals surface area contributed by atoms with Crippen LogP contribution in [0.5, 0.6) is 0 Å². The molecular formula is C15H18N2O2. The van der Waals surface area contributed by atoms with Gasteiger partial charge in [-0.25, -0.2) is 0 Å². The molecule has 1 aromatic carbocycles. The molecule has 0 saturated heterocycles. The zero-order chi connectivity index (χ0) is 13.7. The molecule has 4 nitrogen and oxygen atoms in total. The Morgan fingerprint density at radius 2 is 2.16 bits per heavy atom. The van der Waals surface area contributed by atoms with Crippen LogP contribution in [-0.2, 0) is 16.1 Å². The van der Waals surface area contributed by atoms with Crippen LogP contribution in [0.3, 0.4) is 0 Å². The fourth-order valence-electron chi connectivity index (χ4n) is 2.08. The lowest BCUT2D eigenvalue weighted by Crippen LogP contribution is -2.36. The van der Waals surface area contributed by atoms with Crippen molar-refractivity contribution in [2.24, 2.45) is 0 Å². The number of methoxy groups -OCH3 is 1. The van der Waals surface area contributed by atoms with Crippen molar-refractivity contribution < 1.29 is 9.53 Å². The highest BCUT2D eigenvalue weighted by molar-refractivity contribution is 5.81. The first kappa shape index (κ1) is 13.5. The number of esters is 1. The molecule has 0 radical (unpaired) electrons. The molecule has 100 valence electrons. The summed E-state index contributed by atoms with van der Waals surface area (Å²) in [6.45, 7) is 2.55. The maximum absolute atomic E-state index is 11.5. The summed E-state index contributed by atoms with van der Waals surface area (Å²) in [5.41, 5.74) is 2.05. The van der Waals surface area contributed by atoms with Crippen LogP contribution < -0.4 is 5.32 Å². The number of pyridine rings is 1. The third-order valence-electron chi connectivity index (χ3n) is 3.15. The second kappa shape index (κ2) is 6.29. The number of para-hydroxylation sites is 1. The molecule has 1 unspecified atom stereocenters. The van der Waals surface area contributed by atoms with Crippen LogP contribution in [0.25, 0.3) is 10.9 Å². The number of benzene rings is 1. The molecule has 19 heavy (non-hydrogen) atoms. The number of nitrogens with one attached hydrogen (secondary N) is 1. The highest BCUT2D eigenvalue weighted by Crippen LogP contribution is 2.15. The minimum atomic E-state index is -0.274. The number of ether oxygens (including phenoxy) is 1. The highest BCUT2D eigenvalue weighted by atomic mass is 16.5. The predicted octanol–water partition coefficient (Wildman–Crippen LogP) is 2.28. The molecule has 0 amide bonds. The summed E-state index contributed by atoms with van der Waals surface area (Å²) in [4.78, 5) is 15.9. The van der Waals surface area contributed by atoms with Gasteiger partial charge in [0.1, 0.15) is 6.04 Å². The lowest BCUT2D eigenvalue weighted by molar-refractivity contribution is -0.143. The molecule has 1 atom stereocenters. The molecule has 1 N–H and O–H groups in total. The smallest absolute Gasteiger partial charge is 0.322 e. The van der Waals surface area contributed by atoms with Crippen LogP contribution in [0.2, 0.25) is 0 Å². The van der Waals surface area contributed by atoms with Crippen molar-refractivity contribution in [1.82, 2.24) is 10.3 Å². The van der Waals surface area contributed by atoms with E-state index < -0.39 is 0 Å². The summed E-state index contributed by atoms with van der Waals surface area (Å²) >= 11 is 0. The van der Waals surface area contributed by atoms with Crippen molar-refractivity contribution in [2.45, 2.75) is 25.9 Å². The van der Waals surface area contributed by atoms with E-state index in [0.29, 0.717) is 13.0 Å². The van der Waals surface area contributed by atoms with Crippen molar-refractivity contribution in [1.29, 1.82) is 0 Å². The Morgan fingerprint density at radius 1 is 1.37 bits per heavy atom. The van der Waals surface area contributed by atoms with Crippen molar-refractivity contribution in [3.63, 3.8) is 0 Å². The second-order valence-corrected chi connectivity index (χ2v) is 4.36. The van der Waals surface area contributed by atoms with Crippen LogP contribution in [-0.4, -0.2) is 24.1 Å². The van der Waals surface area contributed by atoms with E-state index in [4.69, 9.17) is 4.74 Å². The molecule has 1 aromatic heterocycles. The Bertz CT molecular complexity index is 564. The molecule has 0 spiro atoms. The third kappa shape index (κ3) is 3.09. The average Bonchev–Trinajstić information content (AvgIpc) is 2.47. The van der Waals surface area contributed by atoms with Crippen LogP contribution >= 0.6 is 0 Å². The minimum Gasteiger partial charge on any atom is -0.468 e. The quantitative estimate of drug-likeness (QED) is 0.836. The highest BCUT2D eigenvalue weighted by Gasteiger charge is 2.16. The summed E-state index contributed by atoms with van der Waals surface area (Å²) in [6, 6.07) is 9.73. The topological polar surface area (TPSA) is 51.2 Å². The van der Waals surface area contributed by atoms with Crippen molar-refractivity contribution in [3.8, 4) is 0 Å². The number of fused-ring (bicyclic) bond motifs is 1. The zero-order valence-electron chi connectivity index (χ0n) is 11.2. The summed E-state index contributed by atoms with van der Waals surface area (Å²) in [7, 11) is 1.41. The van der Waals surface area contributed by atoms with Gasteiger partial charge in [0.05, 0.1) is 12.6 Å². The lowest BCUT2D eigenvalue weighted by atomic mass is 10.1. The van der Waals surface area contributed by atoms with E-state index in [1.54, 1.807) is 6.20 Å². The Balaban J connectivity index is 2.15. The standard InChI is InChI=1S/C15H18N2O2/c1-3-13(15(18)19-2)17-10-12-7-4-6-11-8-5-9-16-14(11)12/h4-9,13,17H,3,10H2,1-2H3. The van der Waals surface area contributed by atoms with Gasteiger partial charge in [-0.05, 0) is 18.1 Å². The van der Waals surface area contributed by atoms with Crippen molar-refractivity contribution >= 4 is 16.9 Å². The Labute approximate surface area is 112 Å². The lowest BCUT2D eigenvalue weighted by Gasteiger charge is -2.15. The Hall–Kier alpha value is -1.94. The van der Waals surface area contributed by atoms with Crippen LogP contribution in [0.1, 0.15) is 18.9 Å². The van der Waals surface area contributed by atoms with Gasteiger partial charge in [0.2, 0.25) is 0 Å². The van der Waals surface area contributed by atoms with Gasteiger partial charge in [0.15, 0.2) is 0 Å². The van der Waals surface area contributed by atoms with E-state index >= 15 is 0 Å². The van der Waals surface area contributed by atoms with Gasteiger partial charge in [-0.3, -0.25) is 9.78 Å². The van der Waals surface area contributed by atoms with Crippen molar-refractivity contribution in [2.75, 3.05) is 7.11 Å². The van der Waals surface area contributed by atoms with E-state index in [-0.39, 0.29) is 12.0 Å². The predicted molar refractivity (Wildman–Crippen MR) is 74.7 cm³/mol. The molecule has 0 aliphatic rings. The molecule has 0 bridgehead atoms. The van der Waals surface area contributed by atoms with Gasteiger partial charge < -0.3 is 10.1 Å². The molecule has 0 fully saturated rings. The molecule has 2 aromatic rings. The molecular weight excluding hydrogens is 240 g/mol. The first-order chi connectivity index (χ1) is 9.26. The van der Waals surface area contributed by atoms with E-state index in [1.807, 2.05) is 37.3 Å². The number of carbonyl (C=O) groups excluding carboxylic acids is 1. The zero-order valence-corrected chi connectivity index (χ0v) is 11.2. The van der Waals surface area contributed by atoms with Gasteiger partial charge in [0, 0.05) is 18.1 Å². The molecule has 1 heterocycles. The first-order valence-corrected chi connectivity index (χ1v) is 6.40. The first-order valence-electron chi connectivity index (χ1n) is 6.40. The molecule has 0 saturated carbocycles. The number of rotatable bonds is 5. The van der Waals surface area contributed by atoms with Crippen LogP contribution in [0.15, 0.2) is 36.5 Å². The maximum Gasteiger partial charge on any atom is 0.322 e. The maximum atomic E-state index is 11.5. The Kier molecular flexibility index (Phi) is 4.47. The second-order valence-electron chi connectivity index (χ2n) is 4.36. The van der Waals surface area contributed by atoms with E-state index in [9.17, 15) is 4.79 Å². The number of aromatic nitrogens is 1. The molecule has 2 rings (SSSR count).